The van der Waals surface area contributed by atoms with Crippen LogP contribution in [0, 0.1) is 0 Å². The molecule has 17 nitrogen and oxygen atoms in total. The first kappa shape index (κ1) is 69.3. The van der Waals surface area contributed by atoms with Gasteiger partial charge in [-0.3, -0.25) is 63.0 Å². The number of carbonyl (C=O) groups excluding carboxylic acids is 1. The van der Waals surface area contributed by atoms with E-state index in [4.69, 9.17) is 0 Å². The number of amides is 1. The van der Waals surface area contributed by atoms with Gasteiger partial charge in [0.1, 0.15) is 0 Å². The van der Waals surface area contributed by atoms with E-state index in [1.165, 1.54) is 56.8 Å². The first-order valence-corrected chi connectivity index (χ1v) is 35.6. The predicted molar refractivity (Wildman–Crippen MR) is 345 cm³/mol. The van der Waals surface area contributed by atoms with Crippen LogP contribution >= 0.6 is 0 Å². The number of rotatable bonds is 2. The summed E-state index contributed by atoms with van der Waals surface area (Å²) < 4.78 is 37.0. The van der Waals surface area contributed by atoms with E-state index < -0.39 is 19.5 Å². The Morgan fingerprint density at radius 2 is 0.963 bits per heavy atom. The smallest absolute Gasteiger partial charge is 0.219 e. The lowest BCUT2D eigenvalue weighted by Crippen LogP contribution is -2.65. The number of hydrogen-bond donors (Lipinski definition) is 0. The number of fused-ring (bicyclic) bond motifs is 5. The first-order valence-electron chi connectivity index (χ1n) is 31.7. The monoisotopic (exact) mass is 1190 g/mol. The normalized spacial score (nSPS) is 28.9. The third-order valence-corrected chi connectivity index (χ3v) is 22.5. The zero-order chi connectivity index (χ0) is 61.0. The molecule has 10 heterocycles. The molecule has 0 radical (unpaired) electrons. The minimum absolute atomic E-state index is 0.166. The van der Waals surface area contributed by atoms with E-state index in [0.29, 0.717) is 42.8 Å². The van der Waals surface area contributed by atoms with Gasteiger partial charge in [-0.15, -0.1) is 0 Å². The summed E-state index contributed by atoms with van der Waals surface area (Å²) in [5.74, 6) is 5.69. The molecule has 0 bridgehead atoms. The van der Waals surface area contributed by atoms with E-state index in [-0.39, 0.29) is 28.1 Å². The van der Waals surface area contributed by atoms with Crippen LogP contribution in [0.15, 0.2) is 18.3 Å². The second-order valence-corrected chi connectivity index (χ2v) is 35.3. The van der Waals surface area contributed by atoms with Crippen molar-refractivity contribution >= 4 is 31.3 Å². The van der Waals surface area contributed by atoms with Gasteiger partial charge in [-0.25, -0.2) is 8.42 Å². The molecule has 0 aromatic carbocycles. The molecule has 474 valence electrons. The summed E-state index contributed by atoms with van der Waals surface area (Å²) >= 11 is 0. The fourth-order valence-corrected chi connectivity index (χ4v) is 16.0. The molecule has 0 N–H and O–H groups in total. The SMILES string of the molecule is C=S1(=O)CCN2CCN(C(C)(C)C)CC2C1.CC(=O)N1CCN2CCN(C(C)(C)C)CC2C1.CC(C)(C)N1CCN2CCN(S(C)(=O)=O)CC2C1.CC(C)(C)N1CCc2ncccc2C1.CC(C)N1CCN2CCN(C(C)(C)C)CC2C1. The van der Waals surface area contributed by atoms with Crippen LogP contribution in [0.1, 0.15) is 136 Å². The van der Waals surface area contributed by atoms with E-state index in [1.54, 1.807) is 11.2 Å². The van der Waals surface area contributed by atoms with Crippen molar-refractivity contribution in [2.24, 2.45) is 0 Å². The van der Waals surface area contributed by atoms with Crippen LogP contribution in [0.2, 0.25) is 0 Å². The lowest BCUT2D eigenvalue weighted by Gasteiger charge is -2.51. The molecule has 19 heteroatoms. The molecule has 10 rings (SSSR count). The molecule has 8 fully saturated rings. The van der Waals surface area contributed by atoms with E-state index in [2.05, 4.69) is 184 Å². The number of sulfonamides is 1. The van der Waals surface area contributed by atoms with E-state index in [1.807, 2.05) is 17.2 Å². The van der Waals surface area contributed by atoms with Crippen molar-refractivity contribution in [2.45, 2.75) is 195 Å². The molecular weight excluding hydrogens is 1070 g/mol. The van der Waals surface area contributed by atoms with Gasteiger partial charge >= 0.3 is 0 Å². The summed E-state index contributed by atoms with van der Waals surface area (Å²) in [5.41, 5.74) is 3.91. The van der Waals surface area contributed by atoms with E-state index in [0.717, 1.165) is 129 Å². The van der Waals surface area contributed by atoms with Crippen LogP contribution in [0.4, 0.5) is 0 Å². The van der Waals surface area contributed by atoms with Crippen molar-refractivity contribution in [2.75, 3.05) is 168 Å². The fraction of sp³-hybridized carbons (Fsp3) is 0.889. The highest BCUT2D eigenvalue weighted by atomic mass is 32.2. The Labute approximate surface area is 502 Å². The molecule has 1 amide bonds. The topological polar surface area (TPSA) is 120 Å². The summed E-state index contributed by atoms with van der Waals surface area (Å²) in [5, 5.41) is 0. The maximum absolute atomic E-state index is 12.1. The highest BCUT2D eigenvalue weighted by Crippen LogP contribution is 2.28. The van der Waals surface area contributed by atoms with Crippen LogP contribution in [0.3, 0.4) is 0 Å². The Hall–Kier alpha value is -1.85. The number of carbonyl (C=O) groups is 1. The number of hydrogen-bond acceptors (Lipinski definition) is 15. The third-order valence-electron chi connectivity index (χ3n) is 19.3. The average molecular weight is 1190 g/mol. The highest BCUT2D eigenvalue weighted by Gasteiger charge is 2.41. The van der Waals surface area contributed by atoms with Gasteiger partial charge in [-0.2, -0.15) is 4.31 Å². The summed E-state index contributed by atoms with van der Waals surface area (Å²) in [7, 11) is -4.83. The molecule has 0 aliphatic carbocycles. The molecule has 5 atom stereocenters. The molecule has 9 aliphatic rings. The molecule has 82 heavy (non-hydrogen) atoms. The summed E-state index contributed by atoms with van der Waals surface area (Å²) in [6, 6.07) is 7.01. The van der Waals surface area contributed by atoms with Gasteiger partial charge < -0.3 is 4.90 Å². The number of pyridine rings is 1. The number of piperazine rings is 7. The van der Waals surface area contributed by atoms with Crippen molar-refractivity contribution < 1.29 is 17.4 Å². The molecule has 0 saturated carbocycles. The van der Waals surface area contributed by atoms with Gasteiger partial charge in [-0.1, -0.05) is 6.07 Å². The van der Waals surface area contributed by atoms with Gasteiger partial charge in [0.15, 0.2) is 0 Å². The fourth-order valence-electron chi connectivity index (χ4n) is 13.4. The van der Waals surface area contributed by atoms with Gasteiger partial charge in [0.2, 0.25) is 15.9 Å². The maximum Gasteiger partial charge on any atom is 0.219 e. The Morgan fingerprint density at radius 1 is 0.549 bits per heavy atom. The molecule has 8 saturated heterocycles. The standard InChI is InChI=1S/C14H29N3.C13H25N3O.C12H25N3O2S.C12H24N2OS.C12H18N2/c1-12(2)16-7-6-15-8-9-17(14(3,4)5)11-13(15)10-16;1-11(17)15-6-5-14-7-8-16(13(2,3)4)10-12(14)9-15;1-12(2,3)14-7-5-13-6-8-15(18(4,16)17)10-11(13)9-14;1-12(2,3)14-6-5-13-7-8-16(4,15)10-11(13)9-14;1-12(2,3)14-8-6-11-10(9-14)5-4-7-13-11/h12-13H,6-11H2,1-5H3;12H,5-10H2,1-4H3;11H,5-10H2,1-4H3;11H,4-10H2,1-3H3;4-5,7H,6,8-9H2,1-3H3. The van der Waals surface area contributed by atoms with Crippen molar-refractivity contribution in [3.8, 4) is 0 Å². The summed E-state index contributed by atoms with van der Waals surface area (Å²) in [4.78, 5) is 43.3. The van der Waals surface area contributed by atoms with Crippen LogP contribution < -0.4 is 0 Å². The molecule has 5 unspecified atom stereocenters. The Morgan fingerprint density at radius 3 is 1.41 bits per heavy atom. The van der Waals surface area contributed by atoms with E-state index >= 15 is 0 Å². The summed E-state index contributed by atoms with van der Waals surface area (Å²) in [6.07, 6.45) is 4.30. The maximum atomic E-state index is 12.1. The minimum Gasteiger partial charge on any atom is -0.340 e. The number of nitrogens with zero attached hydrogens (tertiary/aromatic N) is 13. The molecule has 1 aromatic rings. The van der Waals surface area contributed by atoms with Crippen LogP contribution in [0.5, 0.6) is 0 Å². The lowest BCUT2D eigenvalue weighted by molar-refractivity contribution is -0.133. The van der Waals surface area contributed by atoms with Crippen LogP contribution in [0.25, 0.3) is 0 Å². The van der Waals surface area contributed by atoms with Gasteiger partial charge in [0.25, 0.3) is 0 Å². The Bertz CT molecular complexity index is 2410. The van der Waals surface area contributed by atoms with Crippen molar-refractivity contribution in [3.63, 3.8) is 0 Å². The highest BCUT2D eigenvalue weighted by molar-refractivity contribution is 8.00. The molecule has 1 aromatic heterocycles. The summed E-state index contributed by atoms with van der Waals surface area (Å²) in [6.45, 7) is 65.9. The zero-order valence-corrected chi connectivity index (χ0v) is 57.3. The second kappa shape index (κ2) is 28.1. The zero-order valence-electron chi connectivity index (χ0n) is 55.7. The van der Waals surface area contributed by atoms with Crippen LogP contribution in [-0.4, -0.2) is 314 Å². The molecule has 0 spiro atoms. The predicted octanol–water partition coefficient (Wildman–Crippen LogP) is 4.91. The van der Waals surface area contributed by atoms with Crippen LogP contribution in [-0.2, 0) is 37.3 Å². The second-order valence-electron chi connectivity index (χ2n) is 30.7. The third kappa shape index (κ3) is 20.1. The first-order chi connectivity index (χ1) is 37.8. The Kier molecular flexibility index (Phi) is 23.7. The minimum atomic E-state index is -3.04. The quantitative estimate of drug-likeness (QED) is 0.373. The molecular formula is C63H121N13O4S2. The lowest BCUT2D eigenvalue weighted by atomic mass is 9.99. The van der Waals surface area contributed by atoms with E-state index in [9.17, 15) is 17.4 Å². The number of aromatic nitrogens is 1. The van der Waals surface area contributed by atoms with Crippen molar-refractivity contribution in [1.82, 2.24) is 63.2 Å². The Balaban J connectivity index is 0.000000165. The largest absolute Gasteiger partial charge is 0.340 e. The van der Waals surface area contributed by atoms with Crippen molar-refractivity contribution in [1.29, 1.82) is 0 Å². The van der Waals surface area contributed by atoms with Gasteiger partial charge in [0.05, 0.1) is 6.26 Å². The average Bonchev–Trinajstić information content (AvgIpc) is 3.60. The van der Waals surface area contributed by atoms with Gasteiger partial charge in [0, 0.05) is 252 Å². The van der Waals surface area contributed by atoms with Gasteiger partial charge in [-0.05, 0) is 145 Å². The molecule has 9 aliphatic heterocycles. The van der Waals surface area contributed by atoms with Crippen molar-refractivity contribution in [3.05, 3.63) is 29.6 Å².